The second-order valence-corrected chi connectivity index (χ2v) is 19.0. The average molecular weight is 761 g/mol. The van der Waals surface area contributed by atoms with Crippen LogP contribution in [0, 0.1) is 5.41 Å². The summed E-state index contributed by atoms with van der Waals surface area (Å²) in [7, 11) is -7.19. The van der Waals surface area contributed by atoms with E-state index in [1.165, 1.54) is 0 Å². The molecule has 0 N–H and O–H groups in total. The SMILES string of the molecule is O=P1(Cc2c(-c3ccccc3)ccc3cc4ccccc4cc23)OCC2(CO1)COP(=O)(Cc1c(-c3ccccc3)ccc3cc4ccccc4cc13)OC2. The van der Waals surface area contributed by atoms with Crippen LogP contribution in [0.4, 0.5) is 0 Å². The number of fused-ring (bicyclic) bond motifs is 4. The van der Waals surface area contributed by atoms with Crippen LogP contribution in [0.5, 0.6) is 0 Å². The van der Waals surface area contributed by atoms with Gasteiger partial charge in [0.1, 0.15) is 0 Å². The summed E-state index contributed by atoms with van der Waals surface area (Å²) in [4.78, 5) is 0. The summed E-state index contributed by atoms with van der Waals surface area (Å²) in [5.74, 6) is 0. The molecule has 0 radical (unpaired) electrons. The van der Waals surface area contributed by atoms with Crippen molar-refractivity contribution in [2.24, 2.45) is 5.41 Å². The van der Waals surface area contributed by atoms with Gasteiger partial charge in [-0.25, -0.2) is 0 Å². The molecule has 2 fully saturated rings. The highest BCUT2D eigenvalue weighted by atomic mass is 31.2. The Kier molecular flexibility index (Phi) is 8.61. The van der Waals surface area contributed by atoms with Crippen LogP contribution < -0.4 is 0 Å². The third kappa shape index (κ3) is 6.54. The monoisotopic (exact) mass is 760 g/mol. The van der Waals surface area contributed by atoms with Gasteiger partial charge in [-0.15, -0.1) is 0 Å². The van der Waals surface area contributed by atoms with Crippen molar-refractivity contribution in [1.29, 1.82) is 0 Å². The van der Waals surface area contributed by atoms with Gasteiger partial charge >= 0.3 is 15.2 Å². The number of hydrogen-bond donors (Lipinski definition) is 0. The van der Waals surface area contributed by atoms with Crippen molar-refractivity contribution in [3.8, 4) is 22.3 Å². The Morgan fingerprint density at radius 1 is 0.400 bits per heavy atom. The molecule has 0 saturated carbocycles. The van der Waals surface area contributed by atoms with E-state index in [4.69, 9.17) is 18.1 Å². The van der Waals surface area contributed by atoms with Gasteiger partial charge in [-0.3, -0.25) is 9.13 Å². The van der Waals surface area contributed by atoms with Crippen LogP contribution in [0.25, 0.3) is 65.3 Å². The Bertz CT molecular complexity index is 2630. The second kappa shape index (κ2) is 13.7. The fourth-order valence-electron chi connectivity index (χ4n) is 8.10. The molecule has 0 amide bonds. The Morgan fingerprint density at radius 2 is 0.745 bits per heavy atom. The molecule has 0 unspecified atom stereocenters. The average Bonchev–Trinajstić information content (AvgIpc) is 3.23. The Morgan fingerprint density at radius 3 is 1.13 bits per heavy atom. The van der Waals surface area contributed by atoms with Gasteiger partial charge in [0, 0.05) is 0 Å². The van der Waals surface area contributed by atoms with Crippen molar-refractivity contribution in [2.75, 3.05) is 26.4 Å². The van der Waals surface area contributed by atoms with E-state index in [9.17, 15) is 9.13 Å². The van der Waals surface area contributed by atoms with Crippen LogP contribution in [-0.4, -0.2) is 26.4 Å². The fourth-order valence-corrected chi connectivity index (χ4v) is 12.0. The van der Waals surface area contributed by atoms with E-state index < -0.39 is 20.6 Å². The van der Waals surface area contributed by atoms with Gasteiger partial charge in [0.15, 0.2) is 0 Å². The maximum absolute atomic E-state index is 14.5. The molecule has 0 aliphatic carbocycles. The third-order valence-corrected chi connectivity index (χ3v) is 14.6. The minimum atomic E-state index is -3.60. The molecule has 272 valence electrons. The lowest BCUT2D eigenvalue weighted by Crippen LogP contribution is -2.45. The van der Waals surface area contributed by atoms with Gasteiger partial charge in [-0.2, -0.15) is 0 Å². The van der Waals surface area contributed by atoms with Gasteiger partial charge < -0.3 is 18.1 Å². The van der Waals surface area contributed by atoms with Crippen LogP contribution in [-0.2, 0) is 39.5 Å². The quantitative estimate of drug-likeness (QED) is 0.124. The molecule has 2 saturated heterocycles. The number of hydrogen-bond acceptors (Lipinski definition) is 6. The molecule has 8 aromatic rings. The molecule has 0 atom stereocenters. The normalized spacial score (nSPS) is 22.8. The molecule has 6 nitrogen and oxygen atoms in total. The smallest absolute Gasteiger partial charge is 0.307 e. The van der Waals surface area contributed by atoms with Gasteiger partial charge in [0.2, 0.25) is 0 Å². The second-order valence-electron chi connectivity index (χ2n) is 14.9. The molecule has 1 spiro atoms. The highest BCUT2D eigenvalue weighted by Gasteiger charge is 2.49. The fraction of sp³-hybridized carbons (Fsp3) is 0.149. The van der Waals surface area contributed by atoms with Crippen molar-refractivity contribution in [3.63, 3.8) is 0 Å². The van der Waals surface area contributed by atoms with E-state index in [-0.39, 0.29) is 38.8 Å². The highest BCUT2D eigenvalue weighted by molar-refractivity contribution is 7.53. The van der Waals surface area contributed by atoms with Crippen LogP contribution in [0.3, 0.4) is 0 Å². The van der Waals surface area contributed by atoms with Gasteiger partial charge in [0.25, 0.3) is 0 Å². The summed E-state index contributed by atoms with van der Waals surface area (Å²) in [5, 5.41) is 8.67. The van der Waals surface area contributed by atoms with E-state index in [0.29, 0.717) is 0 Å². The van der Waals surface area contributed by atoms with Crippen molar-refractivity contribution in [1.82, 2.24) is 0 Å². The third-order valence-electron chi connectivity index (χ3n) is 11.1. The maximum atomic E-state index is 14.5. The molecule has 8 heteroatoms. The first-order valence-corrected chi connectivity index (χ1v) is 22.1. The summed E-state index contributed by atoms with van der Waals surface area (Å²) in [6, 6.07) is 54.0. The van der Waals surface area contributed by atoms with Crippen molar-refractivity contribution >= 4 is 58.3 Å². The van der Waals surface area contributed by atoms with Crippen molar-refractivity contribution < 1.29 is 27.2 Å². The Labute approximate surface area is 319 Å². The molecular weight excluding hydrogens is 722 g/mol. The van der Waals surface area contributed by atoms with Gasteiger partial charge in [0.05, 0.1) is 44.2 Å². The van der Waals surface area contributed by atoms with Crippen LogP contribution in [0.1, 0.15) is 11.1 Å². The maximum Gasteiger partial charge on any atom is 0.335 e. The molecule has 2 aliphatic heterocycles. The molecule has 2 heterocycles. The van der Waals surface area contributed by atoms with Crippen LogP contribution >= 0.6 is 15.2 Å². The summed E-state index contributed by atoms with van der Waals surface area (Å²) >= 11 is 0. The van der Waals surface area contributed by atoms with Crippen LogP contribution in [0.15, 0.2) is 158 Å². The van der Waals surface area contributed by atoms with Crippen LogP contribution in [0.2, 0.25) is 0 Å². The standard InChI is InChI=1S/C47H38O6P2/c48-54(27-45-41(33-11-3-1-4-12-33)21-19-39-23-35-15-7-9-17-37(35)25-43(39)45)50-29-47(30-51-54)31-52-55(49,53-32-47)28-46-42(34-13-5-2-6-14-34)22-20-40-24-36-16-8-10-18-38(36)26-44(40)46/h1-26H,27-32H2. The minimum Gasteiger partial charge on any atom is -0.307 e. The van der Waals surface area contributed by atoms with E-state index in [1.54, 1.807) is 0 Å². The predicted octanol–water partition coefficient (Wildman–Crippen LogP) is 12.8. The molecule has 2 aliphatic rings. The first-order chi connectivity index (χ1) is 26.9. The van der Waals surface area contributed by atoms with Gasteiger partial charge in [-0.1, -0.05) is 133 Å². The largest absolute Gasteiger partial charge is 0.335 e. The zero-order valence-electron chi connectivity index (χ0n) is 30.1. The lowest BCUT2D eigenvalue weighted by molar-refractivity contribution is -0.0689. The molecule has 8 aromatic carbocycles. The lowest BCUT2D eigenvalue weighted by atomic mass is 9.93. The summed E-state index contributed by atoms with van der Waals surface area (Å²) in [6.07, 6.45) is 0.225. The first kappa shape index (κ1) is 34.6. The molecule has 10 rings (SSSR count). The minimum absolute atomic E-state index is 0.105. The predicted molar refractivity (Wildman–Crippen MR) is 223 cm³/mol. The van der Waals surface area contributed by atoms with Crippen molar-refractivity contribution in [2.45, 2.75) is 12.3 Å². The Hall–Kier alpha value is -4.90. The summed E-state index contributed by atoms with van der Waals surface area (Å²) in [5.41, 5.74) is 5.16. The van der Waals surface area contributed by atoms with E-state index in [2.05, 4.69) is 97.1 Å². The Balaban J connectivity index is 0.918. The van der Waals surface area contributed by atoms with E-state index >= 15 is 0 Å². The highest BCUT2D eigenvalue weighted by Crippen LogP contribution is 2.62. The topological polar surface area (TPSA) is 71.1 Å². The molecule has 0 bridgehead atoms. The molecule has 55 heavy (non-hydrogen) atoms. The lowest BCUT2D eigenvalue weighted by Gasteiger charge is -2.43. The number of rotatable bonds is 6. The van der Waals surface area contributed by atoms with E-state index in [1.807, 2.05) is 60.7 Å². The van der Waals surface area contributed by atoms with Gasteiger partial charge in [-0.05, 0) is 101 Å². The number of benzene rings is 8. The zero-order valence-corrected chi connectivity index (χ0v) is 31.9. The molecule has 0 aromatic heterocycles. The first-order valence-electron chi connectivity index (χ1n) is 18.6. The molecular formula is C47H38O6P2. The van der Waals surface area contributed by atoms with Crippen molar-refractivity contribution in [3.05, 3.63) is 169 Å². The summed E-state index contributed by atoms with van der Waals surface area (Å²) in [6.45, 7) is 0.421. The van der Waals surface area contributed by atoms with E-state index in [0.717, 1.165) is 76.5 Å². The summed E-state index contributed by atoms with van der Waals surface area (Å²) < 4.78 is 53.9. The zero-order chi connectivity index (χ0) is 37.0.